The molecule has 4 rings (SSSR count). The lowest BCUT2D eigenvalue weighted by molar-refractivity contribution is 0.102. The number of H-pyrrole nitrogens is 1. The Morgan fingerprint density at radius 1 is 1.21 bits per heavy atom. The number of pyridine rings is 1. The SMILES string of the molecule is CCc1cc(=O)[nH]c2cc(NC(=O)c3c(-c4ccccc4Cl)noc3C)ccc12. The highest BCUT2D eigenvalue weighted by molar-refractivity contribution is 6.33. The van der Waals surface area contributed by atoms with E-state index in [1.165, 1.54) is 0 Å². The first-order valence-corrected chi connectivity index (χ1v) is 9.54. The van der Waals surface area contributed by atoms with Gasteiger partial charge in [-0.25, -0.2) is 0 Å². The van der Waals surface area contributed by atoms with Crippen molar-refractivity contribution in [2.75, 3.05) is 5.32 Å². The Morgan fingerprint density at radius 3 is 2.76 bits per heavy atom. The first-order valence-electron chi connectivity index (χ1n) is 9.16. The Labute approximate surface area is 171 Å². The minimum absolute atomic E-state index is 0.172. The average molecular weight is 408 g/mol. The predicted octanol–water partition coefficient (Wildman–Crippen LogP) is 4.96. The molecule has 0 radical (unpaired) electrons. The topological polar surface area (TPSA) is 88.0 Å². The van der Waals surface area contributed by atoms with Crippen LogP contribution in [0.1, 0.15) is 28.6 Å². The van der Waals surface area contributed by atoms with Gasteiger partial charge in [-0.15, -0.1) is 0 Å². The van der Waals surface area contributed by atoms with Crippen molar-refractivity contribution in [3.05, 3.63) is 80.8 Å². The third kappa shape index (κ3) is 3.54. The van der Waals surface area contributed by atoms with Crippen LogP contribution in [0.4, 0.5) is 5.69 Å². The van der Waals surface area contributed by atoms with E-state index in [1.54, 1.807) is 43.3 Å². The van der Waals surface area contributed by atoms with E-state index in [1.807, 2.05) is 19.1 Å². The van der Waals surface area contributed by atoms with Gasteiger partial charge in [0.25, 0.3) is 5.91 Å². The highest BCUT2D eigenvalue weighted by atomic mass is 35.5. The van der Waals surface area contributed by atoms with E-state index in [0.29, 0.717) is 38.8 Å². The van der Waals surface area contributed by atoms with Crippen LogP contribution in [0.3, 0.4) is 0 Å². The number of fused-ring (bicyclic) bond motifs is 1. The number of hydrogen-bond acceptors (Lipinski definition) is 4. The van der Waals surface area contributed by atoms with Crippen molar-refractivity contribution in [1.82, 2.24) is 10.1 Å². The van der Waals surface area contributed by atoms with Crippen LogP contribution in [-0.4, -0.2) is 16.0 Å². The maximum atomic E-state index is 13.0. The highest BCUT2D eigenvalue weighted by Crippen LogP contribution is 2.31. The van der Waals surface area contributed by atoms with Crippen LogP contribution in [0.15, 0.2) is 57.8 Å². The summed E-state index contributed by atoms with van der Waals surface area (Å²) in [6, 6.07) is 14.2. The number of aromatic nitrogens is 2. The molecule has 0 spiro atoms. The molecule has 0 fully saturated rings. The van der Waals surface area contributed by atoms with Crippen LogP contribution in [0.2, 0.25) is 5.02 Å². The Morgan fingerprint density at radius 2 is 2.00 bits per heavy atom. The summed E-state index contributed by atoms with van der Waals surface area (Å²) in [7, 11) is 0. The fourth-order valence-corrected chi connectivity index (χ4v) is 3.60. The van der Waals surface area contributed by atoms with Crippen LogP contribution >= 0.6 is 11.6 Å². The highest BCUT2D eigenvalue weighted by Gasteiger charge is 2.23. The van der Waals surface area contributed by atoms with Gasteiger partial charge in [0.15, 0.2) is 0 Å². The number of anilines is 1. The number of nitrogens with one attached hydrogen (secondary N) is 2. The van der Waals surface area contributed by atoms with Crippen molar-refractivity contribution >= 4 is 34.1 Å². The molecule has 0 aliphatic carbocycles. The fraction of sp³-hybridized carbons (Fsp3) is 0.136. The smallest absolute Gasteiger partial charge is 0.261 e. The molecule has 0 bridgehead atoms. The van der Waals surface area contributed by atoms with Gasteiger partial charge in [-0.3, -0.25) is 9.59 Å². The molecule has 0 saturated carbocycles. The van der Waals surface area contributed by atoms with Crippen molar-refractivity contribution in [1.29, 1.82) is 0 Å². The summed E-state index contributed by atoms with van der Waals surface area (Å²) < 4.78 is 5.26. The van der Waals surface area contributed by atoms with E-state index in [2.05, 4.69) is 15.5 Å². The monoisotopic (exact) mass is 407 g/mol. The number of halogens is 1. The zero-order valence-electron chi connectivity index (χ0n) is 15.9. The molecule has 1 amide bonds. The molecular weight excluding hydrogens is 390 g/mol. The van der Waals surface area contributed by atoms with Gasteiger partial charge in [-0.05, 0) is 37.1 Å². The summed E-state index contributed by atoms with van der Waals surface area (Å²) in [4.78, 5) is 27.7. The van der Waals surface area contributed by atoms with Gasteiger partial charge < -0.3 is 14.8 Å². The zero-order valence-corrected chi connectivity index (χ0v) is 16.6. The molecule has 7 heteroatoms. The first-order chi connectivity index (χ1) is 14.0. The Hall–Kier alpha value is -3.38. The fourth-order valence-electron chi connectivity index (χ4n) is 3.37. The molecule has 0 saturated heterocycles. The number of aromatic amines is 1. The second kappa shape index (κ2) is 7.56. The summed E-state index contributed by atoms with van der Waals surface area (Å²) in [5, 5.41) is 8.31. The number of amides is 1. The number of aryl methyl sites for hydroxylation is 2. The zero-order chi connectivity index (χ0) is 20.5. The van der Waals surface area contributed by atoms with E-state index in [4.69, 9.17) is 16.1 Å². The van der Waals surface area contributed by atoms with E-state index in [-0.39, 0.29) is 11.5 Å². The predicted molar refractivity (Wildman–Crippen MR) is 114 cm³/mol. The van der Waals surface area contributed by atoms with E-state index in [9.17, 15) is 9.59 Å². The molecule has 2 aromatic carbocycles. The van der Waals surface area contributed by atoms with Crippen LogP contribution < -0.4 is 10.9 Å². The molecule has 29 heavy (non-hydrogen) atoms. The van der Waals surface area contributed by atoms with E-state index in [0.717, 1.165) is 17.4 Å². The number of carbonyl (C=O) groups excluding carboxylic acids is 1. The van der Waals surface area contributed by atoms with Gasteiger partial charge in [0.1, 0.15) is 17.0 Å². The number of rotatable bonds is 4. The largest absolute Gasteiger partial charge is 0.360 e. The standard InChI is InChI=1S/C22H18ClN3O3/c1-3-13-10-19(27)25-18-11-14(8-9-15(13)18)24-22(28)20-12(2)29-26-21(20)16-6-4-5-7-17(16)23/h4-11H,3H2,1-2H3,(H,24,28)(H,25,27). The summed E-state index contributed by atoms with van der Waals surface area (Å²) in [6.07, 6.45) is 0.743. The lowest BCUT2D eigenvalue weighted by Crippen LogP contribution is -2.14. The molecular formula is C22H18ClN3O3. The van der Waals surface area contributed by atoms with Crippen molar-refractivity contribution < 1.29 is 9.32 Å². The Kier molecular flexibility index (Phi) is 4.94. The van der Waals surface area contributed by atoms with Crippen molar-refractivity contribution in [2.45, 2.75) is 20.3 Å². The lowest BCUT2D eigenvalue weighted by Gasteiger charge is -2.09. The summed E-state index contributed by atoms with van der Waals surface area (Å²) in [6.45, 7) is 3.67. The molecule has 2 heterocycles. The van der Waals surface area contributed by atoms with Crippen molar-refractivity contribution in [3.63, 3.8) is 0 Å². The van der Waals surface area contributed by atoms with Crippen LogP contribution in [0.25, 0.3) is 22.2 Å². The summed E-state index contributed by atoms with van der Waals surface area (Å²) in [5.74, 6) is 0.0203. The second-order valence-corrected chi connectivity index (χ2v) is 7.08. The van der Waals surface area contributed by atoms with E-state index < -0.39 is 0 Å². The molecule has 2 N–H and O–H groups in total. The van der Waals surface area contributed by atoms with E-state index >= 15 is 0 Å². The minimum atomic E-state index is -0.369. The second-order valence-electron chi connectivity index (χ2n) is 6.67. The lowest BCUT2D eigenvalue weighted by atomic mass is 10.0. The van der Waals surface area contributed by atoms with Gasteiger partial charge >= 0.3 is 0 Å². The third-order valence-electron chi connectivity index (χ3n) is 4.79. The quantitative estimate of drug-likeness (QED) is 0.500. The van der Waals surface area contributed by atoms with Crippen molar-refractivity contribution in [2.24, 2.45) is 0 Å². The average Bonchev–Trinajstić information content (AvgIpc) is 3.08. The third-order valence-corrected chi connectivity index (χ3v) is 5.12. The molecule has 4 aromatic rings. The Bertz CT molecular complexity index is 1290. The van der Waals surface area contributed by atoms with Crippen LogP contribution in [0, 0.1) is 6.92 Å². The first kappa shape index (κ1) is 19.0. The van der Waals surface area contributed by atoms with Crippen LogP contribution in [-0.2, 0) is 6.42 Å². The molecule has 0 atom stereocenters. The van der Waals surface area contributed by atoms with Gasteiger partial charge in [0.05, 0.1) is 10.5 Å². The summed E-state index contributed by atoms with van der Waals surface area (Å²) >= 11 is 6.27. The minimum Gasteiger partial charge on any atom is -0.360 e. The number of carbonyl (C=O) groups is 1. The van der Waals surface area contributed by atoms with Crippen LogP contribution in [0.5, 0.6) is 0 Å². The molecule has 6 nitrogen and oxygen atoms in total. The van der Waals surface area contributed by atoms with Gasteiger partial charge in [0, 0.05) is 22.7 Å². The normalized spacial score (nSPS) is 11.0. The van der Waals surface area contributed by atoms with Crippen molar-refractivity contribution in [3.8, 4) is 11.3 Å². The number of benzene rings is 2. The molecule has 2 aromatic heterocycles. The van der Waals surface area contributed by atoms with Gasteiger partial charge in [-0.2, -0.15) is 0 Å². The molecule has 0 aliphatic rings. The molecule has 0 unspecified atom stereocenters. The number of hydrogen-bond donors (Lipinski definition) is 2. The molecule has 146 valence electrons. The Balaban J connectivity index is 1.72. The summed E-state index contributed by atoms with van der Waals surface area (Å²) in [5.41, 5.74) is 3.32. The maximum absolute atomic E-state index is 13.0. The van der Waals surface area contributed by atoms with Gasteiger partial charge in [-0.1, -0.05) is 47.9 Å². The number of nitrogens with zero attached hydrogens (tertiary/aromatic N) is 1. The maximum Gasteiger partial charge on any atom is 0.261 e. The van der Waals surface area contributed by atoms with Gasteiger partial charge in [0.2, 0.25) is 5.56 Å². The molecule has 0 aliphatic heterocycles.